The zero-order valence-corrected chi connectivity index (χ0v) is 10.1. The van der Waals surface area contributed by atoms with Gasteiger partial charge < -0.3 is 10.5 Å². The van der Waals surface area contributed by atoms with Gasteiger partial charge in [0.15, 0.2) is 0 Å². The summed E-state index contributed by atoms with van der Waals surface area (Å²) in [7, 11) is 1.59. The maximum absolute atomic E-state index is 5.57. The lowest BCUT2D eigenvalue weighted by molar-refractivity contribution is 0.371. The summed E-state index contributed by atoms with van der Waals surface area (Å²) in [4.78, 5) is 0. The van der Waals surface area contributed by atoms with E-state index in [0.717, 1.165) is 17.1 Å². The van der Waals surface area contributed by atoms with E-state index in [1.54, 1.807) is 7.11 Å². The molecule has 0 saturated carbocycles. The van der Waals surface area contributed by atoms with Crippen LogP contribution in [0.2, 0.25) is 0 Å². The predicted molar refractivity (Wildman–Crippen MR) is 65.4 cm³/mol. The Morgan fingerprint density at radius 2 is 2.06 bits per heavy atom. The molecule has 2 rings (SSSR count). The first-order valence-electron chi connectivity index (χ1n) is 5.52. The summed E-state index contributed by atoms with van der Waals surface area (Å²) in [6.07, 6.45) is 0.671. The van der Waals surface area contributed by atoms with E-state index in [4.69, 9.17) is 10.5 Å². The lowest BCUT2D eigenvalue weighted by Crippen LogP contribution is -2.10. The fourth-order valence-electron chi connectivity index (χ4n) is 1.78. The van der Waals surface area contributed by atoms with Crippen LogP contribution in [0.4, 0.5) is 0 Å². The standard InChI is InChI=1S/C12H16N4O/c1-9-5-3-4-6-10(9)16-11(7-8-13)14-15-12(16)17-2/h3-6H,7-8,13H2,1-2H3. The molecule has 1 heterocycles. The highest BCUT2D eigenvalue weighted by Gasteiger charge is 2.14. The number of benzene rings is 1. The van der Waals surface area contributed by atoms with E-state index in [2.05, 4.69) is 10.2 Å². The van der Waals surface area contributed by atoms with Crippen molar-refractivity contribution in [3.63, 3.8) is 0 Å². The number of hydrogen-bond donors (Lipinski definition) is 1. The highest BCUT2D eigenvalue weighted by molar-refractivity contribution is 5.42. The Kier molecular flexibility index (Phi) is 3.39. The third-order valence-corrected chi connectivity index (χ3v) is 2.61. The first-order valence-corrected chi connectivity index (χ1v) is 5.52. The molecule has 0 bridgehead atoms. The minimum atomic E-state index is 0.489. The highest BCUT2D eigenvalue weighted by Crippen LogP contribution is 2.21. The van der Waals surface area contributed by atoms with Gasteiger partial charge in [0.2, 0.25) is 0 Å². The molecule has 0 fully saturated rings. The fourth-order valence-corrected chi connectivity index (χ4v) is 1.78. The van der Waals surface area contributed by atoms with E-state index >= 15 is 0 Å². The van der Waals surface area contributed by atoms with Crippen molar-refractivity contribution in [3.8, 4) is 11.7 Å². The smallest absolute Gasteiger partial charge is 0.321 e. The number of aryl methyl sites for hydroxylation is 1. The van der Waals surface area contributed by atoms with Crippen molar-refractivity contribution in [1.82, 2.24) is 14.8 Å². The van der Waals surface area contributed by atoms with Gasteiger partial charge in [-0.3, -0.25) is 0 Å². The number of rotatable bonds is 4. The lowest BCUT2D eigenvalue weighted by Gasteiger charge is -2.11. The van der Waals surface area contributed by atoms with Gasteiger partial charge in [0.1, 0.15) is 5.82 Å². The van der Waals surface area contributed by atoms with E-state index in [9.17, 15) is 0 Å². The van der Waals surface area contributed by atoms with Gasteiger partial charge >= 0.3 is 6.01 Å². The summed E-state index contributed by atoms with van der Waals surface area (Å²) < 4.78 is 7.14. The normalized spacial score (nSPS) is 10.5. The van der Waals surface area contributed by atoms with Gasteiger partial charge in [0, 0.05) is 6.42 Å². The molecule has 0 aliphatic heterocycles. The van der Waals surface area contributed by atoms with E-state index in [1.165, 1.54) is 0 Å². The summed E-state index contributed by atoms with van der Waals surface area (Å²) >= 11 is 0. The number of aromatic nitrogens is 3. The third-order valence-electron chi connectivity index (χ3n) is 2.61. The molecule has 0 unspecified atom stereocenters. The van der Waals surface area contributed by atoms with E-state index in [-0.39, 0.29) is 0 Å². The summed E-state index contributed by atoms with van der Waals surface area (Å²) in [5.74, 6) is 0.818. The lowest BCUT2D eigenvalue weighted by atomic mass is 10.2. The first-order chi connectivity index (χ1) is 8.27. The van der Waals surface area contributed by atoms with E-state index in [0.29, 0.717) is 19.0 Å². The summed E-state index contributed by atoms with van der Waals surface area (Å²) in [5.41, 5.74) is 7.74. The molecule has 5 heteroatoms. The Balaban J connectivity index is 2.56. The summed E-state index contributed by atoms with van der Waals surface area (Å²) in [6.45, 7) is 2.58. The van der Waals surface area contributed by atoms with Crippen LogP contribution in [0.5, 0.6) is 6.01 Å². The van der Waals surface area contributed by atoms with Crippen LogP contribution in [0.3, 0.4) is 0 Å². The second-order valence-electron chi connectivity index (χ2n) is 3.76. The van der Waals surface area contributed by atoms with Gasteiger partial charge in [-0.2, -0.15) is 0 Å². The quantitative estimate of drug-likeness (QED) is 0.856. The van der Waals surface area contributed by atoms with E-state index in [1.807, 2.05) is 35.8 Å². The topological polar surface area (TPSA) is 66.0 Å². The number of para-hydroxylation sites is 1. The maximum atomic E-state index is 5.57. The molecule has 0 aliphatic carbocycles. The molecule has 2 N–H and O–H groups in total. The maximum Gasteiger partial charge on any atom is 0.321 e. The van der Waals surface area contributed by atoms with Crippen LogP contribution in [-0.2, 0) is 6.42 Å². The van der Waals surface area contributed by atoms with E-state index < -0.39 is 0 Å². The summed E-state index contributed by atoms with van der Waals surface area (Å²) in [6, 6.07) is 8.52. The Morgan fingerprint density at radius 3 is 2.71 bits per heavy atom. The Labute approximate surface area is 100 Å². The second kappa shape index (κ2) is 4.97. The Morgan fingerprint density at radius 1 is 1.29 bits per heavy atom. The molecule has 0 amide bonds. The molecule has 0 spiro atoms. The molecule has 0 saturated heterocycles. The van der Waals surface area contributed by atoms with Crippen molar-refractivity contribution in [2.45, 2.75) is 13.3 Å². The zero-order valence-electron chi connectivity index (χ0n) is 10.1. The SMILES string of the molecule is COc1nnc(CCN)n1-c1ccccc1C. The molecule has 0 aliphatic rings. The molecular formula is C12H16N4O. The zero-order chi connectivity index (χ0) is 12.3. The molecule has 90 valence electrons. The van der Waals surface area contributed by atoms with Crippen LogP contribution in [0.25, 0.3) is 5.69 Å². The van der Waals surface area contributed by atoms with Gasteiger partial charge in [-0.1, -0.05) is 23.3 Å². The molecule has 17 heavy (non-hydrogen) atoms. The van der Waals surface area contributed by atoms with Crippen LogP contribution in [-0.4, -0.2) is 28.4 Å². The van der Waals surface area contributed by atoms with Crippen LogP contribution in [0.15, 0.2) is 24.3 Å². The van der Waals surface area contributed by atoms with Crippen LogP contribution >= 0.6 is 0 Å². The molecular weight excluding hydrogens is 216 g/mol. The number of nitrogens with two attached hydrogens (primary N) is 1. The summed E-state index contributed by atoms with van der Waals surface area (Å²) in [5, 5.41) is 8.11. The highest BCUT2D eigenvalue weighted by atomic mass is 16.5. The molecule has 0 radical (unpaired) electrons. The molecule has 1 aromatic carbocycles. The largest absolute Gasteiger partial charge is 0.467 e. The van der Waals surface area contributed by atoms with Crippen LogP contribution in [0.1, 0.15) is 11.4 Å². The van der Waals surface area contributed by atoms with Crippen molar-refractivity contribution in [3.05, 3.63) is 35.7 Å². The number of nitrogens with zero attached hydrogens (tertiary/aromatic N) is 3. The van der Waals surface area contributed by atoms with Gasteiger partial charge in [-0.25, -0.2) is 4.57 Å². The van der Waals surface area contributed by atoms with Crippen molar-refractivity contribution >= 4 is 0 Å². The second-order valence-corrected chi connectivity index (χ2v) is 3.76. The molecule has 1 aromatic heterocycles. The van der Waals surface area contributed by atoms with Crippen molar-refractivity contribution in [1.29, 1.82) is 0 Å². The van der Waals surface area contributed by atoms with Gasteiger partial charge in [-0.05, 0) is 25.1 Å². The number of ether oxygens (including phenoxy) is 1. The van der Waals surface area contributed by atoms with Crippen molar-refractivity contribution < 1.29 is 4.74 Å². The van der Waals surface area contributed by atoms with Crippen LogP contribution in [0, 0.1) is 6.92 Å². The monoisotopic (exact) mass is 232 g/mol. The Bertz CT molecular complexity index is 507. The van der Waals surface area contributed by atoms with Crippen LogP contribution < -0.4 is 10.5 Å². The predicted octanol–water partition coefficient (Wildman–Crippen LogP) is 1.09. The van der Waals surface area contributed by atoms with Crippen molar-refractivity contribution in [2.75, 3.05) is 13.7 Å². The average Bonchev–Trinajstić information content (AvgIpc) is 2.73. The molecule has 2 aromatic rings. The molecule has 5 nitrogen and oxygen atoms in total. The van der Waals surface area contributed by atoms with Crippen molar-refractivity contribution in [2.24, 2.45) is 5.73 Å². The van der Waals surface area contributed by atoms with Gasteiger partial charge in [0.05, 0.1) is 12.8 Å². The minimum absolute atomic E-state index is 0.489. The minimum Gasteiger partial charge on any atom is -0.467 e. The van der Waals surface area contributed by atoms with Gasteiger partial charge in [0.25, 0.3) is 0 Å². The third kappa shape index (κ3) is 2.14. The Hall–Kier alpha value is -1.88. The molecule has 0 atom stereocenters. The average molecular weight is 232 g/mol. The number of hydrogen-bond acceptors (Lipinski definition) is 4. The van der Waals surface area contributed by atoms with Gasteiger partial charge in [-0.15, -0.1) is 5.10 Å². The fraction of sp³-hybridized carbons (Fsp3) is 0.333. The first kappa shape index (κ1) is 11.6. The number of methoxy groups -OCH3 is 1.